The van der Waals surface area contributed by atoms with E-state index in [4.69, 9.17) is 11.6 Å². The SMILES string of the molecule is C=C(C)Cl.[MgH2]. The number of hydrogen-bond donors (Lipinski definition) is 0. The molecule has 0 aromatic carbocycles. The standard InChI is InChI=1S/C3H5Cl.Mg.2H/c1-3(2)4;;;/h1H2,2H3;;;. The minimum Gasteiger partial charge on any atom is -0.0901 e. The molecule has 28 valence electrons. The van der Waals surface area contributed by atoms with Gasteiger partial charge in [-0.2, -0.15) is 0 Å². The molecule has 2 heteroatoms. The van der Waals surface area contributed by atoms with E-state index < -0.39 is 0 Å². The van der Waals surface area contributed by atoms with Gasteiger partial charge in [-0.15, -0.1) is 0 Å². The third-order valence-electron chi connectivity index (χ3n) is 0. The van der Waals surface area contributed by atoms with E-state index >= 15 is 0 Å². The summed E-state index contributed by atoms with van der Waals surface area (Å²) in [5, 5.41) is 0.639. The molecule has 0 rings (SSSR count). The summed E-state index contributed by atoms with van der Waals surface area (Å²) < 4.78 is 0. The van der Waals surface area contributed by atoms with Gasteiger partial charge in [0, 0.05) is 5.03 Å². The summed E-state index contributed by atoms with van der Waals surface area (Å²) >= 11 is 5.08. The fraction of sp³-hybridized carbons (Fsp3) is 0.333. The minimum absolute atomic E-state index is 0. The van der Waals surface area contributed by atoms with Crippen LogP contribution in [0.4, 0.5) is 0 Å². The van der Waals surface area contributed by atoms with E-state index in [1.165, 1.54) is 0 Å². The van der Waals surface area contributed by atoms with Gasteiger partial charge in [-0.05, 0) is 6.92 Å². The Labute approximate surface area is 53.4 Å². The van der Waals surface area contributed by atoms with E-state index in [0.29, 0.717) is 5.03 Å². The molecular weight excluding hydrogens is 95.8 g/mol. The van der Waals surface area contributed by atoms with Crippen LogP contribution in [0.3, 0.4) is 0 Å². The maximum atomic E-state index is 5.08. The summed E-state index contributed by atoms with van der Waals surface area (Å²) in [4.78, 5) is 0. The van der Waals surface area contributed by atoms with Crippen LogP contribution in [0, 0.1) is 0 Å². The second-order valence-corrected chi connectivity index (χ2v) is 1.32. The van der Waals surface area contributed by atoms with Crippen LogP contribution in [0.15, 0.2) is 11.6 Å². The highest BCUT2D eigenvalue weighted by molar-refractivity contribution is 6.28. The van der Waals surface area contributed by atoms with Crippen molar-refractivity contribution in [1.29, 1.82) is 0 Å². The maximum absolute atomic E-state index is 5.08. The molecule has 0 atom stereocenters. The Morgan fingerprint density at radius 2 is 1.80 bits per heavy atom. The van der Waals surface area contributed by atoms with Crippen molar-refractivity contribution in [3.05, 3.63) is 11.6 Å². The summed E-state index contributed by atoms with van der Waals surface area (Å²) in [5.74, 6) is 0. The second kappa shape index (κ2) is 4.80. The van der Waals surface area contributed by atoms with Crippen LogP contribution in [-0.2, 0) is 0 Å². The summed E-state index contributed by atoms with van der Waals surface area (Å²) in [5.41, 5.74) is 0. The molecule has 0 saturated carbocycles. The van der Waals surface area contributed by atoms with Crippen LogP contribution in [0.2, 0.25) is 0 Å². The van der Waals surface area contributed by atoms with E-state index in [0.717, 1.165) is 0 Å². The molecule has 0 unspecified atom stereocenters. The topological polar surface area (TPSA) is 0 Å². The van der Waals surface area contributed by atoms with Crippen molar-refractivity contribution in [3.8, 4) is 0 Å². The molecule has 0 spiro atoms. The highest BCUT2D eigenvalue weighted by atomic mass is 35.5. The van der Waals surface area contributed by atoms with Gasteiger partial charge in [0.1, 0.15) is 0 Å². The molecule has 0 radical (unpaired) electrons. The van der Waals surface area contributed by atoms with E-state index in [1.54, 1.807) is 6.92 Å². The first-order chi connectivity index (χ1) is 1.73. The molecule has 0 fully saturated rings. The molecule has 0 aliphatic heterocycles. The molecule has 0 bridgehead atoms. The lowest BCUT2D eigenvalue weighted by Gasteiger charge is -1.61. The van der Waals surface area contributed by atoms with Gasteiger partial charge in [-0.1, -0.05) is 18.2 Å². The van der Waals surface area contributed by atoms with Crippen molar-refractivity contribution >= 4 is 34.7 Å². The quantitative estimate of drug-likeness (QED) is 0.398. The van der Waals surface area contributed by atoms with E-state index in [2.05, 4.69) is 6.58 Å². The average molecular weight is 103 g/mol. The normalized spacial score (nSPS) is 5.20. The predicted octanol–water partition coefficient (Wildman–Crippen LogP) is 0.843. The predicted molar refractivity (Wildman–Crippen MR) is 29.2 cm³/mol. The van der Waals surface area contributed by atoms with Crippen LogP contribution in [-0.4, -0.2) is 23.1 Å². The van der Waals surface area contributed by atoms with Gasteiger partial charge < -0.3 is 0 Å². The zero-order chi connectivity index (χ0) is 3.58. The molecule has 0 N–H and O–H groups in total. The first kappa shape index (κ1) is 9.25. The smallest absolute Gasteiger partial charge is 0.0901 e. The summed E-state index contributed by atoms with van der Waals surface area (Å²) in [6, 6.07) is 0. The summed E-state index contributed by atoms with van der Waals surface area (Å²) in [6.45, 7) is 5.06. The third-order valence-corrected chi connectivity index (χ3v) is 0. The Balaban J connectivity index is 0. The Morgan fingerprint density at radius 3 is 1.80 bits per heavy atom. The number of hydrogen-bond acceptors (Lipinski definition) is 0. The van der Waals surface area contributed by atoms with Crippen LogP contribution in [0.25, 0.3) is 0 Å². The van der Waals surface area contributed by atoms with Crippen LogP contribution in [0.5, 0.6) is 0 Å². The largest absolute Gasteiger partial charge is 0.316 e. The average Bonchev–Trinajstić information content (AvgIpc) is 0.811. The lowest BCUT2D eigenvalue weighted by Crippen LogP contribution is -1.34. The lowest BCUT2D eigenvalue weighted by molar-refractivity contribution is 1.72. The molecule has 5 heavy (non-hydrogen) atoms. The Morgan fingerprint density at radius 1 is 1.80 bits per heavy atom. The van der Waals surface area contributed by atoms with Gasteiger partial charge in [0.05, 0.1) is 0 Å². The molecular formula is C3H7ClMg. The van der Waals surface area contributed by atoms with Gasteiger partial charge in [-0.3, -0.25) is 0 Å². The van der Waals surface area contributed by atoms with Crippen molar-refractivity contribution in [1.82, 2.24) is 0 Å². The first-order valence-electron chi connectivity index (χ1n) is 1.04. The van der Waals surface area contributed by atoms with Crippen molar-refractivity contribution in [2.24, 2.45) is 0 Å². The number of halogens is 1. The first-order valence-corrected chi connectivity index (χ1v) is 1.42. The van der Waals surface area contributed by atoms with Gasteiger partial charge in [-0.25, -0.2) is 0 Å². The zero-order valence-corrected chi connectivity index (χ0v) is 3.34. The monoisotopic (exact) mass is 102 g/mol. The molecule has 0 saturated heterocycles. The fourth-order valence-electron chi connectivity index (χ4n) is 0. The Hall–Kier alpha value is 0.796. The van der Waals surface area contributed by atoms with Crippen molar-refractivity contribution < 1.29 is 0 Å². The second-order valence-electron chi connectivity index (χ2n) is 0.676. The molecule has 0 aliphatic carbocycles. The van der Waals surface area contributed by atoms with E-state index in [9.17, 15) is 0 Å². The summed E-state index contributed by atoms with van der Waals surface area (Å²) in [6.07, 6.45) is 0. The highest BCUT2D eigenvalue weighted by Crippen LogP contribution is 1.87. The fourth-order valence-corrected chi connectivity index (χ4v) is 0. The van der Waals surface area contributed by atoms with Crippen molar-refractivity contribution in [3.63, 3.8) is 0 Å². The Bertz CT molecular complexity index is 29.9. The van der Waals surface area contributed by atoms with Crippen LogP contribution in [0.1, 0.15) is 6.92 Å². The molecule has 0 aromatic rings. The van der Waals surface area contributed by atoms with Crippen molar-refractivity contribution in [2.45, 2.75) is 6.92 Å². The minimum atomic E-state index is 0. The lowest BCUT2D eigenvalue weighted by atomic mass is 10.8. The van der Waals surface area contributed by atoms with Gasteiger partial charge in [0.25, 0.3) is 0 Å². The molecule has 0 heterocycles. The van der Waals surface area contributed by atoms with Crippen LogP contribution < -0.4 is 0 Å². The van der Waals surface area contributed by atoms with Gasteiger partial charge >= 0.3 is 23.1 Å². The zero-order valence-electron chi connectivity index (χ0n) is 2.59. The van der Waals surface area contributed by atoms with Gasteiger partial charge in [0.15, 0.2) is 0 Å². The van der Waals surface area contributed by atoms with E-state index in [1.807, 2.05) is 0 Å². The van der Waals surface area contributed by atoms with Crippen molar-refractivity contribution in [2.75, 3.05) is 0 Å². The molecule has 0 nitrogen and oxygen atoms in total. The van der Waals surface area contributed by atoms with E-state index in [-0.39, 0.29) is 23.1 Å². The number of allylic oxidation sites excluding steroid dienone is 1. The van der Waals surface area contributed by atoms with Crippen LogP contribution >= 0.6 is 11.6 Å². The highest BCUT2D eigenvalue weighted by Gasteiger charge is 1.55. The third kappa shape index (κ3) is 59.2. The summed E-state index contributed by atoms with van der Waals surface area (Å²) in [7, 11) is 0. The molecule has 0 amide bonds. The number of rotatable bonds is 0. The Kier molecular flexibility index (Phi) is 8.88. The van der Waals surface area contributed by atoms with Gasteiger partial charge in [0.2, 0.25) is 0 Å². The molecule has 0 aliphatic rings. The maximum Gasteiger partial charge on any atom is 0.316 e. The molecule has 0 aromatic heterocycles.